The van der Waals surface area contributed by atoms with Crippen molar-refractivity contribution in [2.45, 2.75) is 38.3 Å². The Kier molecular flexibility index (Phi) is 5.92. The molecule has 1 aromatic carbocycles. The Hall–Kier alpha value is -4.40. The number of fused-ring (bicyclic) bond motifs is 2. The Bertz CT molecular complexity index is 1700. The van der Waals surface area contributed by atoms with E-state index in [1.165, 1.54) is 34.8 Å². The van der Waals surface area contributed by atoms with Crippen molar-refractivity contribution >= 4 is 23.2 Å². The zero-order valence-corrected chi connectivity index (χ0v) is 21.4. The van der Waals surface area contributed by atoms with E-state index in [4.69, 9.17) is 4.74 Å². The number of pyridine rings is 1. The van der Waals surface area contributed by atoms with Crippen LogP contribution in [-0.4, -0.2) is 61.3 Å². The van der Waals surface area contributed by atoms with Gasteiger partial charge in [-0.3, -0.25) is 9.69 Å². The molecule has 1 fully saturated rings. The van der Waals surface area contributed by atoms with E-state index in [0.29, 0.717) is 17.5 Å². The second kappa shape index (κ2) is 9.06. The van der Waals surface area contributed by atoms with E-state index in [1.54, 1.807) is 6.92 Å². The molecule has 9 nitrogen and oxygen atoms in total. The largest absolute Gasteiger partial charge is 0.476 e. The quantitative estimate of drug-likeness (QED) is 0.367. The number of anilines is 2. The van der Waals surface area contributed by atoms with Crippen LogP contribution >= 0.6 is 0 Å². The highest BCUT2D eigenvalue weighted by atomic mass is 19.4. The molecule has 2 aliphatic heterocycles. The van der Waals surface area contributed by atoms with Crippen molar-refractivity contribution in [3.05, 3.63) is 65.6 Å². The SMILES string of the molecule is Cc1nc2cc(F)c(-c3cnc(N4CC(O)(C(F)(F)F)C4)nc3)cn2c1CN1C(=O)[C@@H](C)Oc2c(F)cc(F)cc21. The molecule has 1 N–H and O–H groups in total. The lowest BCUT2D eigenvalue weighted by Crippen LogP contribution is -2.69. The van der Waals surface area contributed by atoms with Gasteiger partial charge in [0.2, 0.25) is 5.95 Å². The number of β-amino-alcohol motifs (C(OH)–C–C–N with tert-alkyl or cyclic N) is 1. The standard InChI is InChI=1S/C26H20F6N6O3/c1-12-20(9-38-19-4-15(27)3-18(29)22(19)41-13(2)23(38)39)37-8-16(17(28)5-21(37)35-12)14-6-33-24(34-7-14)36-10-25(40,11-36)26(30,31)32/h3-8,13,40H,9-11H2,1-2H3/t13-/m1/s1. The number of carbonyl (C=O) groups is 1. The minimum absolute atomic E-state index is 0.0252. The summed E-state index contributed by atoms with van der Waals surface area (Å²) < 4.78 is 89.4. The van der Waals surface area contributed by atoms with Crippen LogP contribution in [0.3, 0.4) is 0 Å². The van der Waals surface area contributed by atoms with E-state index < -0.39 is 54.3 Å². The number of aromatic nitrogens is 4. The van der Waals surface area contributed by atoms with E-state index in [9.17, 15) is 31.9 Å². The van der Waals surface area contributed by atoms with Crippen molar-refractivity contribution in [2.75, 3.05) is 22.9 Å². The Morgan fingerprint density at radius 3 is 2.44 bits per heavy atom. The average Bonchev–Trinajstić information content (AvgIpc) is 3.17. The number of ether oxygens (including phenoxy) is 1. The van der Waals surface area contributed by atoms with Gasteiger partial charge in [0, 0.05) is 47.9 Å². The maximum atomic E-state index is 15.1. The number of rotatable bonds is 4. The molecule has 0 radical (unpaired) electrons. The van der Waals surface area contributed by atoms with Gasteiger partial charge in [-0.25, -0.2) is 28.1 Å². The number of halogens is 6. The average molecular weight is 578 g/mol. The van der Waals surface area contributed by atoms with E-state index in [1.807, 2.05) is 0 Å². The summed E-state index contributed by atoms with van der Waals surface area (Å²) in [5, 5.41) is 9.66. The number of hydrogen-bond donors (Lipinski definition) is 1. The normalized spacial score (nSPS) is 18.4. The van der Waals surface area contributed by atoms with Crippen molar-refractivity contribution in [2.24, 2.45) is 0 Å². The molecule has 1 amide bonds. The van der Waals surface area contributed by atoms with Gasteiger partial charge in [0.1, 0.15) is 17.3 Å². The summed E-state index contributed by atoms with van der Waals surface area (Å²) in [6, 6.07) is 2.79. The number of amides is 1. The molecule has 1 atom stereocenters. The number of imidazole rings is 1. The van der Waals surface area contributed by atoms with E-state index in [2.05, 4.69) is 15.0 Å². The summed E-state index contributed by atoms with van der Waals surface area (Å²) in [5.41, 5.74) is -1.69. The molecule has 0 spiro atoms. The molecule has 214 valence electrons. The lowest BCUT2D eigenvalue weighted by molar-refractivity contribution is -0.267. The highest BCUT2D eigenvalue weighted by Gasteiger charge is 2.61. The molecule has 1 saturated heterocycles. The van der Waals surface area contributed by atoms with Gasteiger partial charge in [-0.1, -0.05) is 0 Å². The van der Waals surface area contributed by atoms with Gasteiger partial charge >= 0.3 is 6.18 Å². The molecule has 6 rings (SSSR count). The monoisotopic (exact) mass is 578 g/mol. The molecule has 4 aromatic rings. The first-order chi connectivity index (χ1) is 19.3. The zero-order chi connectivity index (χ0) is 29.4. The fourth-order valence-corrected chi connectivity index (χ4v) is 4.91. The van der Waals surface area contributed by atoms with E-state index >= 15 is 4.39 Å². The predicted molar refractivity (Wildman–Crippen MR) is 132 cm³/mol. The highest BCUT2D eigenvalue weighted by Crippen LogP contribution is 2.40. The lowest BCUT2D eigenvalue weighted by atomic mass is 9.94. The first kappa shape index (κ1) is 26.8. The number of benzene rings is 1. The second-order valence-corrected chi connectivity index (χ2v) is 9.98. The van der Waals surface area contributed by atoms with Crippen LogP contribution in [0.15, 0.2) is 36.8 Å². The highest BCUT2D eigenvalue weighted by molar-refractivity contribution is 5.99. The Balaban J connectivity index is 1.33. The third kappa shape index (κ3) is 4.31. The number of alkyl halides is 3. The van der Waals surface area contributed by atoms with Gasteiger partial charge in [0.15, 0.2) is 23.3 Å². The minimum Gasteiger partial charge on any atom is -0.476 e. The summed E-state index contributed by atoms with van der Waals surface area (Å²) in [6.07, 6.45) is -1.99. The predicted octanol–water partition coefficient (Wildman–Crippen LogP) is 3.94. The number of carbonyl (C=O) groups excluding carboxylic acids is 1. The molecular weight excluding hydrogens is 558 g/mol. The summed E-state index contributed by atoms with van der Waals surface area (Å²) in [4.78, 5) is 27.7. The Labute approximate surface area is 227 Å². The molecule has 0 saturated carbocycles. The van der Waals surface area contributed by atoms with Gasteiger partial charge in [0.05, 0.1) is 36.7 Å². The molecule has 2 aliphatic rings. The second-order valence-electron chi connectivity index (χ2n) is 9.98. The summed E-state index contributed by atoms with van der Waals surface area (Å²) in [7, 11) is 0. The number of nitrogens with zero attached hydrogens (tertiary/aromatic N) is 6. The fourth-order valence-electron chi connectivity index (χ4n) is 4.91. The molecule has 0 bridgehead atoms. The number of aryl methyl sites for hydroxylation is 1. The number of hydrogen-bond acceptors (Lipinski definition) is 7. The Morgan fingerprint density at radius 2 is 1.78 bits per heavy atom. The first-order valence-electron chi connectivity index (χ1n) is 12.3. The molecule has 5 heterocycles. The molecule has 41 heavy (non-hydrogen) atoms. The van der Waals surface area contributed by atoms with Crippen LogP contribution in [0.4, 0.5) is 38.0 Å². The topological polar surface area (TPSA) is 96.1 Å². The van der Waals surface area contributed by atoms with Gasteiger partial charge in [-0.15, -0.1) is 0 Å². The van der Waals surface area contributed by atoms with Crippen LogP contribution in [0.25, 0.3) is 16.8 Å². The summed E-state index contributed by atoms with van der Waals surface area (Å²) in [5.74, 6) is -3.45. The van der Waals surface area contributed by atoms with Crippen molar-refractivity contribution < 1.29 is 41.0 Å². The van der Waals surface area contributed by atoms with Crippen molar-refractivity contribution in [1.82, 2.24) is 19.4 Å². The minimum atomic E-state index is -4.79. The first-order valence-corrected chi connectivity index (χ1v) is 12.3. The van der Waals surface area contributed by atoms with Crippen LogP contribution in [0.2, 0.25) is 0 Å². The van der Waals surface area contributed by atoms with Crippen molar-refractivity contribution in [3.63, 3.8) is 0 Å². The lowest BCUT2D eigenvalue weighted by Gasteiger charge is -2.46. The zero-order valence-electron chi connectivity index (χ0n) is 21.4. The van der Waals surface area contributed by atoms with Gasteiger partial charge in [-0.2, -0.15) is 13.2 Å². The van der Waals surface area contributed by atoms with Crippen LogP contribution < -0.4 is 14.5 Å². The maximum Gasteiger partial charge on any atom is 0.420 e. The third-order valence-electron chi connectivity index (χ3n) is 7.17. The van der Waals surface area contributed by atoms with Crippen LogP contribution in [0.1, 0.15) is 18.3 Å². The number of aliphatic hydroxyl groups is 1. The van der Waals surface area contributed by atoms with Gasteiger partial charge in [-0.05, 0) is 13.8 Å². The third-order valence-corrected chi connectivity index (χ3v) is 7.17. The molecule has 3 aromatic heterocycles. The van der Waals surface area contributed by atoms with Crippen molar-refractivity contribution in [3.8, 4) is 16.9 Å². The molecule has 0 aliphatic carbocycles. The van der Waals surface area contributed by atoms with E-state index in [-0.39, 0.29) is 40.7 Å². The smallest absolute Gasteiger partial charge is 0.420 e. The van der Waals surface area contributed by atoms with E-state index in [0.717, 1.165) is 17.0 Å². The van der Waals surface area contributed by atoms with Gasteiger partial charge in [0.25, 0.3) is 5.91 Å². The molecule has 15 heteroatoms. The van der Waals surface area contributed by atoms with Crippen LogP contribution in [0, 0.1) is 24.4 Å². The van der Waals surface area contributed by atoms with Gasteiger partial charge < -0.3 is 19.1 Å². The molecular formula is C26H20F6N6O3. The maximum absolute atomic E-state index is 15.1. The fraction of sp³-hybridized carbons (Fsp3) is 0.308. The Morgan fingerprint density at radius 1 is 1.10 bits per heavy atom. The summed E-state index contributed by atoms with van der Waals surface area (Å²) in [6.45, 7) is 1.43. The van der Waals surface area contributed by atoms with Crippen LogP contribution in [-0.2, 0) is 11.3 Å². The summed E-state index contributed by atoms with van der Waals surface area (Å²) >= 11 is 0. The van der Waals surface area contributed by atoms with Crippen molar-refractivity contribution in [1.29, 1.82) is 0 Å². The van der Waals surface area contributed by atoms with Crippen LogP contribution in [0.5, 0.6) is 5.75 Å². The molecule has 0 unspecified atom stereocenters.